The predicted octanol–water partition coefficient (Wildman–Crippen LogP) is 1.76. The summed E-state index contributed by atoms with van der Waals surface area (Å²) in [6, 6.07) is 14.6. The first-order valence-corrected chi connectivity index (χ1v) is 6.77. The molecule has 4 N–H and O–H groups in total. The van der Waals surface area contributed by atoms with Gasteiger partial charge in [-0.3, -0.25) is 0 Å². The largest absolute Gasteiger partial charge is 0.394 e. The third-order valence-corrected chi connectivity index (χ3v) is 3.49. The summed E-state index contributed by atoms with van der Waals surface area (Å²) in [5, 5.41) is 23.6. The molecule has 3 aromatic rings. The Morgan fingerprint density at radius 3 is 2.70 bits per heavy atom. The zero-order valence-electron chi connectivity index (χ0n) is 11.1. The van der Waals surface area contributed by atoms with Crippen LogP contribution in [-0.4, -0.2) is 34.5 Å². The molecule has 1 aromatic heterocycles. The molecule has 0 saturated heterocycles. The van der Waals surface area contributed by atoms with Gasteiger partial charge in [0.2, 0.25) is 0 Å². The highest BCUT2D eigenvalue weighted by Crippen LogP contribution is 2.25. The van der Waals surface area contributed by atoms with E-state index < -0.39 is 6.10 Å². The first kappa shape index (κ1) is 13.1. The molecule has 2 aromatic carbocycles. The highest BCUT2D eigenvalue weighted by Gasteiger charge is 2.05. The predicted molar refractivity (Wildman–Crippen MR) is 80.6 cm³/mol. The molecule has 1 heterocycles. The Labute approximate surface area is 117 Å². The van der Waals surface area contributed by atoms with Crippen LogP contribution < -0.4 is 5.32 Å². The molecule has 0 spiro atoms. The molecule has 0 aliphatic carbocycles. The summed E-state index contributed by atoms with van der Waals surface area (Å²) in [5.41, 5.74) is 3.43. The van der Waals surface area contributed by atoms with Crippen molar-refractivity contribution in [2.45, 2.75) is 12.6 Å². The van der Waals surface area contributed by atoms with Crippen LogP contribution in [0.15, 0.2) is 42.5 Å². The molecule has 1 unspecified atom stereocenters. The van der Waals surface area contributed by atoms with E-state index in [4.69, 9.17) is 5.11 Å². The third-order valence-electron chi connectivity index (χ3n) is 3.49. The lowest BCUT2D eigenvalue weighted by Crippen LogP contribution is -2.28. The summed E-state index contributed by atoms with van der Waals surface area (Å²) in [6.07, 6.45) is -0.702. The number of para-hydroxylation sites is 1. The van der Waals surface area contributed by atoms with Gasteiger partial charge >= 0.3 is 0 Å². The van der Waals surface area contributed by atoms with Crippen LogP contribution in [-0.2, 0) is 6.54 Å². The Balaban J connectivity index is 1.84. The van der Waals surface area contributed by atoms with E-state index in [0.717, 1.165) is 16.6 Å². The number of aliphatic hydroxyl groups is 2. The maximum atomic E-state index is 9.30. The number of aliphatic hydroxyl groups excluding tert-OH is 2. The van der Waals surface area contributed by atoms with Gasteiger partial charge < -0.3 is 20.5 Å². The highest BCUT2D eigenvalue weighted by molar-refractivity contribution is 6.07. The minimum atomic E-state index is -0.702. The van der Waals surface area contributed by atoms with Crippen molar-refractivity contribution in [3.05, 3.63) is 48.0 Å². The lowest BCUT2D eigenvalue weighted by atomic mass is 10.1. The Bertz CT molecular complexity index is 721. The van der Waals surface area contributed by atoms with E-state index in [0.29, 0.717) is 13.1 Å². The average Bonchev–Trinajstić information content (AvgIpc) is 2.85. The van der Waals surface area contributed by atoms with Gasteiger partial charge in [-0.1, -0.05) is 24.3 Å². The molecule has 1 atom stereocenters. The molecule has 0 fully saturated rings. The first-order valence-electron chi connectivity index (χ1n) is 6.77. The third kappa shape index (κ3) is 2.54. The van der Waals surface area contributed by atoms with Gasteiger partial charge in [-0.05, 0) is 23.8 Å². The summed E-state index contributed by atoms with van der Waals surface area (Å²) in [5.74, 6) is 0. The van der Waals surface area contributed by atoms with Crippen LogP contribution in [0.3, 0.4) is 0 Å². The fraction of sp³-hybridized carbons (Fsp3) is 0.250. The van der Waals surface area contributed by atoms with Gasteiger partial charge in [0.05, 0.1) is 12.7 Å². The van der Waals surface area contributed by atoms with E-state index >= 15 is 0 Å². The maximum Gasteiger partial charge on any atom is 0.0895 e. The molecule has 0 radical (unpaired) electrons. The van der Waals surface area contributed by atoms with Gasteiger partial charge in [-0.25, -0.2) is 0 Å². The van der Waals surface area contributed by atoms with Gasteiger partial charge in [0.15, 0.2) is 0 Å². The van der Waals surface area contributed by atoms with Crippen LogP contribution in [0.25, 0.3) is 21.8 Å². The van der Waals surface area contributed by atoms with Crippen molar-refractivity contribution in [2.24, 2.45) is 0 Å². The molecule has 104 valence electrons. The van der Waals surface area contributed by atoms with Crippen LogP contribution in [0, 0.1) is 0 Å². The second kappa shape index (κ2) is 5.63. The quantitative estimate of drug-likeness (QED) is 0.571. The maximum absolute atomic E-state index is 9.30. The molecular formula is C16H18N2O2. The second-order valence-corrected chi connectivity index (χ2v) is 5.02. The smallest absolute Gasteiger partial charge is 0.0895 e. The number of hydrogen-bond donors (Lipinski definition) is 4. The van der Waals surface area contributed by atoms with Crippen molar-refractivity contribution in [1.82, 2.24) is 10.3 Å². The Hall–Kier alpha value is -1.88. The lowest BCUT2D eigenvalue weighted by molar-refractivity contribution is 0.0942. The monoisotopic (exact) mass is 270 g/mol. The number of rotatable bonds is 5. The standard InChI is InChI=1S/C16H18N2O2/c19-10-12(20)9-17-8-11-5-6-16-14(7-11)13-3-1-2-4-15(13)18-16/h1-7,12,17-20H,8-10H2. The SMILES string of the molecule is OCC(O)CNCc1ccc2[nH]c3ccccc3c2c1. The molecule has 0 aliphatic rings. The molecule has 4 nitrogen and oxygen atoms in total. The summed E-state index contributed by atoms with van der Waals surface area (Å²) in [4.78, 5) is 3.40. The number of fused-ring (bicyclic) bond motifs is 3. The molecule has 0 amide bonds. The van der Waals surface area contributed by atoms with E-state index in [1.54, 1.807) is 0 Å². The van der Waals surface area contributed by atoms with Crippen molar-refractivity contribution in [1.29, 1.82) is 0 Å². The fourth-order valence-corrected chi connectivity index (χ4v) is 2.45. The minimum Gasteiger partial charge on any atom is -0.394 e. The molecule has 0 saturated carbocycles. The molecule has 3 rings (SSSR count). The second-order valence-electron chi connectivity index (χ2n) is 5.02. The van der Waals surface area contributed by atoms with E-state index in [1.165, 1.54) is 10.8 Å². The van der Waals surface area contributed by atoms with Gasteiger partial charge in [0.25, 0.3) is 0 Å². The molecule has 4 heteroatoms. The summed E-state index contributed by atoms with van der Waals surface area (Å²) in [6.45, 7) is 0.851. The van der Waals surface area contributed by atoms with Crippen LogP contribution in [0.1, 0.15) is 5.56 Å². The number of hydrogen-bond acceptors (Lipinski definition) is 3. The average molecular weight is 270 g/mol. The van der Waals surface area contributed by atoms with Gasteiger partial charge in [0, 0.05) is 34.9 Å². The molecule has 20 heavy (non-hydrogen) atoms. The van der Waals surface area contributed by atoms with Crippen LogP contribution >= 0.6 is 0 Å². The van der Waals surface area contributed by atoms with E-state index in [9.17, 15) is 5.11 Å². The van der Waals surface area contributed by atoms with Gasteiger partial charge in [0.1, 0.15) is 0 Å². The minimum absolute atomic E-state index is 0.214. The number of benzene rings is 2. The summed E-state index contributed by atoms with van der Waals surface area (Å²) in [7, 11) is 0. The van der Waals surface area contributed by atoms with Crippen LogP contribution in [0.5, 0.6) is 0 Å². The van der Waals surface area contributed by atoms with Crippen LogP contribution in [0.4, 0.5) is 0 Å². The number of nitrogens with one attached hydrogen (secondary N) is 2. The Kier molecular flexibility index (Phi) is 3.69. The number of H-pyrrole nitrogens is 1. The van der Waals surface area contributed by atoms with E-state index in [2.05, 4.69) is 40.6 Å². The molecule has 0 aliphatic heterocycles. The summed E-state index contributed by atoms with van der Waals surface area (Å²) >= 11 is 0. The number of aromatic amines is 1. The normalized spacial score (nSPS) is 13.1. The fourth-order valence-electron chi connectivity index (χ4n) is 2.45. The zero-order chi connectivity index (χ0) is 13.9. The topological polar surface area (TPSA) is 68.3 Å². The van der Waals surface area contributed by atoms with Crippen molar-refractivity contribution in [2.75, 3.05) is 13.2 Å². The van der Waals surface area contributed by atoms with E-state index in [1.807, 2.05) is 12.1 Å². The first-order chi connectivity index (χ1) is 9.78. The highest BCUT2D eigenvalue weighted by atomic mass is 16.3. The van der Waals surface area contributed by atoms with Crippen molar-refractivity contribution < 1.29 is 10.2 Å². The van der Waals surface area contributed by atoms with Crippen molar-refractivity contribution >= 4 is 21.8 Å². The Morgan fingerprint density at radius 1 is 1.05 bits per heavy atom. The van der Waals surface area contributed by atoms with E-state index in [-0.39, 0.29) is 6.61 Å². The molecule has 0 bridgehead atoms. The molecular weight excluding hydrogens is 252 g/mol. The van der Waals surface area contributed by atoms with Gasteiger partial charge in [-0.2, -0.15) is 0 Å². The van der Waals surface area contributed by atoms with Gasteiger partial charge in [-0.15, -0.1) is 0 Å². The Morgan fingerprint density at radius 2 is 1.85 bits per heavy atom. The van der Waals surface area contributed by atoms with Crippen molar-refractivity contribution in [3.63, 3.8) is 0 Å². The number of aromatic nitrogens is 1. The van der Waals surface area contributed by atoms with Crippen molar-refractivity contribution in [3.8, 4) is 0 Å². The van der Waals surface area contributed by atoms with Crippen LogP contribution in [0.2, 0.25) is 0 Å². The zero-order valence-corrected chi connectivity index (χ0v) is 11.1. The summed E-state index contributed by atoms with van der Waals surface area (Å²) < 4.78 is 0. The lowest BCUT2D eigenvalue weighted by Gasteiger charge is -2.08.